The molecule has 0 unspecified atom stereocenters. The molecule has 2 aromatic carbocycles. The van der Waals surface area contributed by atoms with Crippen LogP contribution in [0, 0.1) is 17.6 Å². The standard InChI is InChI=1S/C21H16F5NO2S/c22-15-8-4-7-13(18(15)23)20-11-29-19(21(24,25)26)14(20)10-30-17(27-20)9-16(28)12-5-2-1-3-6-12/h1-8,14,19H,9-11H2/t14-,19+,20-/m1/s1. The summed E-state index contributed by atoms with van der Waals surface area (Å²) in [4.78, 5) is 17.0. The number of rotatable bonds is 4. The van der Waals surface area contributed by atoms with Gasteiger partial charge in [-0.2, -0.15) is 13.2 Å². The molecule has 1 fully saturated rings. The molecule has 0 aliphatic carbocycles. The highest BCUT2D eigenvalue weighted by molar-refractivity contribution is 8.14. The Morgan fingerprint density at radius 2 is 1.87 bits per heavy atom. The van der Waals surface area contributed by atoms with E-state index in [9.17, 15) is 26.7 Å². The lowest BCUT2D eigenvalue weighted by molar-refractivity contribution is -0.215. The number of fused-ring (bicyclic) bond motifs is 1. The number of ether oxygens (including phenoxy) is 1. The number of aliphatic imine (C=N–C) groups is 1. The van der Waals surface area contributed by atoms with Gasteiger partial charge in [-0.3, -0.25) is 9.79 Å². The molecule has 0 saturated carbocycles. The van der Waals surface area contributed by atoms with E-state index in [0.29, 0.717) is 5.56 Å². The van der Waals surface area contributed by atoms with Crippen LogP contribution in [0.15, 0.2) is 53.5 Å². The van der Waals surface area contributed by atoms with Gasteiger partial charge in [-0.25, -0.2) is 8.78 Å². The van der Waals surface area contributed by atoms with Crippen molar-refractivity contribution in [2.45, 2.75) is 24.2 Å². The fourth-order valence-corrected chi connectivity index (χ4v) is 5.21. The van der Waals surface area contributed by atoms with Gasteiger partial charge in [-0.05, 0) is 6.07 Å². The Balaban J connectivity index is 1.76. The molecule has 2 heterocycles. The van der Waals surface area contributed by atoms with Gasteiger partial charge in [-0.15, -0.1) is 11.8 Å². The number of thioether (sulfide) groups is 1. The molecule has 158 valence electrons. The number of nitrogens with zero attached hydrogens (tertiary/aromatic N) is 1. The molecule has 0 bridgehead atoms. The summed E-state index contributed by atoms with van der Waals surface area (Å²) in [6, 6.07) is 11.7. The van der Waals surface area contributed by atoms with Gasteiger partial charge in [0.25, 0.3) is 0 Å². The fraction of sp³-hybridized carbons (Fsp3) is 0.333. The van der Waals surface area contributed by atoms with Crippen LogP contribution in [0.3, 0.4) is 0 Å². The van der Waals surface area contributed by atoms with Crippen LogP contribution in [0.4, 0.5) is 22.0 Å². The first kappa shape index (κ1) is 21.0. The van der Waals surface area contributed by atoms with E-state index >= 15 is 0 Å². The van der Waals surface area contributed by atoms with Crippen molar-refractivity contribution in [2.24, 2.45) is 10.9 Å². The quantitative estimate of drug-likeness (QED) is 0.486. The van der Waals surface area contributed by atoms with E-state index < -0.39 is 42.0 Å². The monoisotopic (exact) mass is 441 g/mol. The van der Waals surface area contributed by atoms with Gasteiger partial charge in [0.05, 0.1) is 18.1 Å². The number of halogens is 5. The smallest absolute Gasteiger partial charge is 0.365 e. The van der Waals surface area contributed by atoms with Gasteiger partial charge in [0, 0.05) is 22.8 Å². The van der Waals surface area contributed by atoms with Gasteiger partial charge >= 0.3 is 6.18 Å². The maximum atomic E-state index is 14.6. The van der Waals surface area contributed by atoms with Crippen LogP contribution in [-0.4, -0.2) is 35.5 Å². The number of hydrogen-bond donors (Lipinski definition) is 0. The molecule has 4 rings (SSSR count). The van der Waals surface area contributed by atoms with E-state index in [4.69, 9.17) is 4.74 Å². The van der Waals surface area contributed by atoms with E-state index in [1.807, 2.05) is 0 Å². The molecule has 3 nitrogen and oxygen atoms in total. The molecule has 2 aromatic rings. The van der Waals surface area contributed by atoms with Crippen LogP contribution < -0.4 is 0 Å². The van der Waals surface area contributed by atoms with Gasteiger partial charge in [0.15, 0.2) is 23.5 Å². The summed E-state index contributed by atoms with van der Waals surface area (Å²) in [6.07, 6.45) is -6.97. The van der Waals surface area contributed by atoms with Gasteiger partial charge in [-0.1, -0.05) is 42.5 Å². The maximum Gasteiger partial charge on any atom is 0.415 e. The SMILES string of the molecule is O=C(CC1=N[C@@]2(c3cccc(F)c3F)CO[C@H](C(F)(F)F)[C@H]2CS1)c1ccccc1. The molecule has 1 saturated heterocycles. The van der Waals surface area contributed by atoms with Gasteiger partial charge in [0.1, 0.15) is 5.54 Å². The Morgan fingerprint density at radius 1 is 1.13 bits per heavy atom. The molecule has 2 aliphatic heterocycles. The molecule has 0 N–H and O–H groups in total. The minimum absolute atomic E-state index is 0.0823. The fourth-order valence-electron chi connectivity index (χ4n) is 3.92. The van der Waals surface area contributed by atoms with Crippen molar-refractivity contribution in [3.63, 3.8) is 0 Å². The zero-order chi connectivity index (χ0) is 21.5. The second-order valence-corrected chi connectivity index (χ2v) is 8.28. The number of hydrogen-bond acceptors (Lipinski definition) is 4. The van der Waals surface area contributed by atoms with Crippen molar-refractivity contribution in [3.05, 3.63) is 71.3 Å². The second kappa shape index (κ2) is 7.77. The second-order valence-electron chi connectivity index (χ2n) is 7.19. The lowest BCUT2D eigenvalue weighted by Crippen LogP contribution is -2.45. The largest absolute Gasteiger partial charge is 0.415 e. The summed E-state index contributed by atoms with van der Waals surface area (Å²) in [7, 11) is 0. The van der Waals surface area contributed by atoms with Crippen LogP contribution in [0.1, 0.15) is 22.3 Å². The summed E-state index contributed by atoms with van der Waals surface area (Å²) < 4.78 is 74.1. The van der Waals surface area contributed by atoms with Crippen molar-refractivity contribution in [2.75, 3.05) is 12.4 Å². The summed E-state index contributed by atoms with van der Waals surface area (Å²) in [5.41, 5.74) is -1.60. The summed E-state index contributed by atoms with van der Waals surface area (Å²) in [6.45, 7) is -0.550. The molecule has 0 spiro atoms. The number of benzene rings is 2. The van der Waals surface area contributed by atoms with Crippen molar-refractivity contribution in [3.8, 4) is 0 Å². The van der Waals surface area contributed by atoms with E-state index in [1.54, 1.807) is 30.3 Å². The number of carbonyl (C=O) groups is 1. The van der Waals surface area contributed by atoms with Gasteiger partial charge < -0.3 is 4.74 Å². The molecular formula is C21H16F5NO2S. The first-order chi connectivity index (χ1) is 14.2. The van der Waals surface area contributed by atoms with Crippen LogP contribution in [0.25, 0.3) is 0 Å². The van der Waals surface area contributed by atoms with Gasteiger partial charge in [0.2, 0.25) is 0 Å². The molecular weight excluding hydrogens is 425 g/mol. The van der Waals surface area contributed by atoms with E-state index in [-0.39, 0.29) is 28.6 Å². The Bertz CT molecular complexity index is 995. The van der Waals surface area contributed by atoms with Crippen LogP contribution in [-0.2, 0) is 10.3 Å². The Morgan fingerprint density at radius 3 is 2.57 bits per heavy atom. The Kier molecular flexibility index (Phi) is 5.44. The highest BCUT2D eigenvalue weighted by Gasteiger charge is 2.62. The molecule has 9 heteroatoms. The van der Waals surface area contributed by atoms with Crippen molar-refractivity contribution in [1.29, 1.82) is 0 Å². The normalized spacial score (nSPS) is 26.2. The van der Waals surface area contributed by atoms with E-state index in [1.165, 1.54) is 12.1 Å². The van der Waals surface area contributed by atoms with E-state index in [0.717, 1.165) is 17.8 Å². The summed E-state index contributed by atoms with van der Waals surface area (Å²) in [5.74, 6) is -4.01. The summed E-state index contributed by atoms with van der Waals surface area (Å²) in [5, 5.41) is 0.273. The molecule has 3 atom stereocenters. The third kappa shape index (κ3) is 3.65. The molecule has 30 heavy (non-hydrogen) atoms. The lowest BCUT2D eigenvalue weighted by Gasteiger charge is -2.37. The van der Waals surface area contributed by atoms with Crippen molar-refractivity contribution < 1.29 is 31.5 Å². The van der Waals surface area contributed by atoms with E-state index in [2.05, 4.69) is 4.99 Å². The number of carbonyl (C=O) groups excluding carboxylic acids is 1. The highest BCUT2D eigenvalue weighted by atomic mass is 32.2. The maximum absolute atomic E-state index is 14.6. The third-order valence-electron chi connectivity index (χ3n) is 5.36. The number of alkyl halides is 3. The van der Waals surface area contributed by atoms with Crippen LogP contribution >= 0.6 is 11.8 Å². The first-order valence-electron chi connectivity index (χ1n) is 9.15. The summed E-state index contributed by atoms with van der Waals surface area (Å²) >= 11 is 1.02. The highest BCUT2D eigenvalue weighted by Crippen LogP contribution is 2.52. The minimum Gasteiger partial charge on any atom is -0.365 e. The zero-order valence-electron chi connectivity index (χ0n) is 15.5. The molecule has 2 aliphatic rings. The van der Waals surface area contributed by atoms with Crippen LogP contribution in [0.5, 0.6) is 0 Å². The van der Waals surface area contributed by atoms with Crippen LogP contribution in [0.2, 0.25) is 0 Å². The predicted molar refractivity (Wildman–Crippen MR) is 103 cm³/mol. The average Bonchev–Trinajstić information content (AvgIpc) is 3.11. The lowest BCUT2D eigenvalue weighted by atomic mass is 9.78. The Hall–Kier alpha value is -2.26. The zero-order valence-corrected chi connectivity index (χ0v) is 16.3. The Labute approximate surface area is 173 Å². The molecule has 0 radical (unpaired) electrons. The average molecular weight is 441 g/mol. The van der Waals surface area contributed by atoms with Crippen molar-refractivity contribution >= 4 is 22.6 Å². The predicted octanol–water partition coefficient (Wildman–Crippen LogP) is 5.16. The molecule has 0 aromatic heterocycles. The third-order valence-corrected chi connectivity index (χ3v) is 6.46. The molecule has 0 amide bonds. The first-order valence-corrected chi connectivity index (χ1v) is 10.1. The topological polar surface area (TPSA) is 38.7 Å². The van der Waals surface area contributed by atoms with Crippen molar-refractivity contribution in [1.82, 2.24) is 0 Å². The number of Topliss-reactive ketones (excluding diaryl/α,β-unsaturated/α-hetero) is 1. The number of ketones is 1. The minimum atomic E-state index is -4.68.